The molecule has 0 bridgehead atoms. The molecule has 0 unspecified atom stereocenters. The minimum atomic E-state index is -0.692. The molecule has 0 aromatic carbocycles. The van der Waals surface area contributed by atoms with Gasteiger partial charge in [0.1, 0.15) is 0 Å². The van der Waals surface area contributed by atoms with Crippen LogP contribution in [0.3, 0.4) is 0 Å². The molecule has 0 aliphatic rings. The van der Waals surface area contributed by atoms with E-state index in [1.165, 1.54) is 6.20 Å². The number of hydrogen-bond donors (Lipinski definition) is 2. The summed E-state index contributed by atoms with van der Waals surface area (Å²) in [5, 5.41) is 0. The molecule has 6 heteroatoms. The van der Waals surface area contributed by atoms with Crippen molar-refractivity contribution in [2.24, 2.45) is 0 Å². The van der Waals surface area contributed by atoms with Crippen LogP contribution in [0.5, 0.6) is 0 Å². The summed E-state index contributed by atoms with van der Waals surface area (Å²) in [6, 6.07) is 1.67. The van der Waals surface area contributed by atoms with Crippen molar-refractivity contribution in [3.63, 3.8) is 0 Å². The van der Waals surface area contributed by atoms with Gasteiger partial charge in [0, 0.05) is 10.7 Å². The van der Waals surface area contributed by atoms with Crippen LogP contribution in [-0.2, 0) is 0 Å². The number of aromatic amines is 2. The Balaban J connectivity index is 0.000000531. The Labute approximate surface area is 93.7 Å². The summed E-state index contributed by atoms with van der Waals surface area (Å²) in [4.78, 5) is 30.4. The normalized spacial score (nSPS) is 9.53. The summed E-state index contributed by atoms with van der Waals surface area (Å²) in [6.45, 7) is 4.00. The first-order valence-corrected chi connectivity index (χ1v) is 5.24. The van der Waals surface area contributed by atoms with Crippen LogP contribution in [0.4, 0.5) is 0 Å². The van der Waals surface area contributed by atoms with Crippen LogP contribution in [0.2, 0.25) is 0 Å². The predicted octanol–water partition coefficient (Wildman–Crippen LogP) is 1.40. The number of rotatable bonds is 0. The van der Waals surface area contributed by atoms with Crippen molar-refractivity contribution in [3.05, 3.63) is 37.4 Å². The van der Waals surface area contributed by atoms with Crippen LogP contribution in [0.15, 0.2) is 26.3 Å². The van der Waals surface area contributed by atoms with Gasteiger partial charge < -0.3 is 9.97 Å². The van der Waals surface area contributed by atoms with Crippen molar-refractivity contribution in [1.82, 2.24) is 15.0 Å². The van der Waals surface area contributed by atoms with E-state index in [1.807, 2.05) is 13.8 Å². The summed E-state index contributed by atoms with van der Waals surface area (Å²) in [5.74, 6) is 0. The topological polar surface area (TPSA) is 78.6 Å². The number of aromatic nitrogens is 3. The SMILES string of the molecule is CC.O=c1[nH]c2cc(Br)cnc2[nH]c1=O. The first-order chi connectivity index (χ1) is 7.16. The van der Waals surface area contributed by atoms with Crippen LogP contribution in [0, 0.1) is 0 Å². The van der Waals surface area contributed by atoms with E-state index in [9.17, 15) is 9.59 Å². The molecule has 0 saturated carbocycles. The van der Waals surface area contributed by atoms with Gasteiger partial charge in [-0.3, -0.25) is 9.59 Å². The van der Waals surface area contributed by atoms with Gasteiger partial charge in [0.05, 0.1) is 5.52 Å². The smallest absolute Gasteiger partial charge is 0.315 e. The third-order valence-electron chi connectivity index (χ3n) is 1.54. The number of H-pyrrole nitrogens is 2. The lowest BCUT2D eigenvalue weighted by Crippen LogP contribution is -2.29. The van der Waals surface area contributed by atoms with Gasteiger partial charge in [0.25, 0.3) is 0 Å². The van der Waals surface area contributed by atoms with Gasteiger partial charge in [-0.1, -0.05) is 13.8 Å². The molecule has 0 fully saturated rings. The fourth-order valence-electron chi connectivity index (χ4n) is 0.978. The minimum absolute atomic E-state index is 0.368. The maximum absolute atomic E-state index is 10.9. The van der Waals surface area contributed by atoms with E-state index < -0.39 is 11.1 Å². The Kier molecular flexibility index (Phi) is 3.79. The van der Waals surface area contributed by atoms with Crippen LogP contribution >= 0.6 is 15.9 Å². The lowest BCUT2D eigenvalue weighted by Gasteiger charge is -1.95. The molecule has 2 rings (SSSR count). The van der Waals surface area contributed by atoms with E-state index in [1.54, 1.807) is 6.07 Å². The van der Waals surface area contributed by atoms with Crippen molar-refractivity contribution >= 4 is 27.1 Å². The third kappa shape index (κ3) is 2.53. The van der Waals surface area contributed by atoms with Crippen LogP contribution in [-0.4, -0.2) is 15.0 Å². The fourth-order valence-corrected chi connectivity index (χ4v) is 1.31. The summed E-state index contributed by atoms with van der Waals surface area (Å²) >= 11 is 3.20. The predicted molar refractivity (Wildman–Crippen MR) is 62.0 cm³/mol. The number of pyridine rings is 1. The van der Waals surface area contributed by atoms with E-state index in [0.29, 0.717) is 11.2 Å². The van der Waals surface area contributed by atoms with Crippen LogP contribution in [0.25, 0.3) is 11.2 Å². The average Bonchev–Trinajstić information content (AvgIpc) is 2.23. The number of fused-ring (bicyclic) bond motifs is 1. The summed E-state index contributed by atoms with van der Waals surface area (Å²) in [6.07, 6.45) is 1.54. The molecule has 80 valence electrons. The Hall–Kier alpha value is -1.43. The molecule has 2 heterocycles. The number of halogens is 1. The highest BCUT2D eigenvalue weighted by molar-refractivity contribution is 9.10. The van der Waals surface area contributed by atoms with E-state index in [0.717, 1.165) is 4.47 Å². The maximum Gasteiger partial charge on any atom is 0.315 e. The Morgan fingerprint density at radius 2 is 1.80 bits per heavy atom. The molecule has 0 atom stereocenters. The number of nitrogens with one attached hydrogen (secondary N) is 2. The van der Waals surface area contributed by atoms with Crippen molar-refractivity contribution < 1.29 is 0 Å². The molecule has 0 spiro atoms. The second-order valence-electron chi connectivity index (χ2n) is 2.46. The molecule has 0 saturated heterocycles. The molecule has 5 nitrogen and oxygen atoms in total. The molecule has 0 radical (unpaired) electrons. The van der Waals surface area contributed by atoms with E-state index in [2.05, 4.69) is 30.9 Å². The monoisotopic (exact) mass is 271 g/mol. The van der Waals surface area contributed by atoms with Gasteiger partial charge in [0.2, 0.25) is 0 Å². The standard InChI is InChI=1S/C7H4BrN3O2.C2H6/c8-3-1-4-5(9-2-3)11-7(13)6(12)10-4;1-2/h1-2H,(H,10,12)(H,9,11,13);1-2H3. The highest BCUT2D eigenvalue weighted by Gasteiger charge is 1.99. The molecular formula is C9H10BrN3O2. The fraction of sp³-hybridized carbons (Fsp3) is 0.222. The van der Waals surface area contributed by atoms with Crippen LogP contribution < -0.4 is 11.1 Å². The highest BCUT2D eigenvalue weighted by atomic mass is 79.9. The van der Waals surface area contributed by atoms with Gasteiger partial charge in [-0.15, -0.1) is 0 Å². The molecule has 2 N–H and O–H groups in total. The molecule has 2 aromatic heterocycles. The molecule has 0 aliphatic heterocycles. The summed E-state index contributed by atoms with van der Waals surface area (Å²) < 4.78 is 0.739. The Morgan fingerprint density at radius 1 is 1.20 bits per heavy atom. The van der Waals surface area contributed by atoms with Crippen molar-refractivity contribution in [2.75, 3.05) is 0 Å². The second-order valence-corrected chi connectivity index (χ2v) is 3.37. The number of nitrogens with zero attached hydrogens (tertiary/aromatic N) is 1. The van der Waals surface area contributed by atoms with E-state index in [4.69, 9.17) is 0 Å². The van der Waals surface area contributed by atoms with Crippen molar-refractivity contribution in [1.29, 1.82) is 0 Å². The first kappa shape index (κ1) is 11.6. The quantitative estimate of drug-likeness (QED) is 0.711. The Bertz CT molecular complexity index is 573. The van der Waals surface area contributed by atoms with Crippen LogP contribution in [0.1, 0.15) is 13.8 Å². The zero-order chi connectivity index (χ0) is 11.4. The van der Waals surface area contributed by atoms with Gasteiger partial charge in [-0.05, 0) is 22.0 Å². The molecule has 0 amide bonds. The largest absolute Gasteiger partial charge is 0.315 e. The third-order valence-corrected chi connectivity index (χ3v) is 1.97. The number of hydrogen-bond acceptors (Lipinski definition) is 3. The average molecular weight is 272 g/mol. The molecular weight excluding hydrogens is 262 g/mol. The summed E-state index contributed by atoms with van der Waals surface area (Å²) in [7, 11) is 0. The van der Waals surface area contributed by atoms with Gasteiger partial charge in [-0.25, -0.2) is 4.98 Å². The zero-order valence-electron chi connectivity index (χ0n) is 8.30. The zero-order valence-corrected chi connectivity index (χ0v) is 9.88. The summed E-state index contributed by atoms with van der Waals surface area (Å²) in [5.41, 5.74) is -0.499. The van der Waals surface area contributed by atoms with Crippen molar-refractivity contribution in [2.45, 2.75) is 13.8 Å². The van der Waals surface area contributed by atoms with E-state index in [-0.39, 0.29) is 0 Å². The lowest BCUT2D eigenvalue weighted by atomic mass is 10.4. The maximum atomic E-state index is 10.9. The van der Waals surface area contributed by atoms with Gasteiger partial charge >= 0.3 is 11.1 Å². The Morgan fingerprint density at radius 3 is 2.47 bits per heavy atom. The van der Waals surface area contributed by atoms with E-state index >= 15 is 0 Å². The minimum Gasteiger partial charge on any atom is -0.315 e. The molecule has 2 aromatic rings. The van der Waals surface area contributed by atoms with Gasteiger partial charge in [0.15, 0.2) is 5.65 Å². The van der Waals surface area contributed by atoms with Gasteiger partial charge in [-0.2, -0.15) is 0 Å². The molecule has 15 heavy (non-hydrogen) atoms. The molecule has 0 aliphatic carbocycles. The highest BCUT2D eigenvalue weighted by Crippen LogP contribution is 2.10. The first-order valence-electron chi connectivity index (χ1n) is 4.45. The van der Waals surface area contributed by atoms with Crippen molar-refractivity contribution in [3.8, 4) is 0 Å². The lowest BCUT2D eigenvalue weighted by molar-refractivity contribution is 1.11. The second kappa shape index (κ2) is 4.88.